The molecule has 0 spiro atoms. The van der Waals surface area contributed by atoms with Gasteiger partial charge in [-0.15, -0.1) is 11.3 Å². The molecule has 48 heavy (non-hydrogen) atoms. The number of amidine groups is 1. The summed E-state index contributed by atoms with van der Waals surface area (Å²) in [6.45, 7) is 7.82. The average Bonchev–Trinajstić information content (AvgIpc) is 3.69. The van der Waals surface area contributed by atoms with Crippen molar-refractivity contribution < 1.29 is 28.6 Å². The number of carbonyl (C=O) groups excluding carboxylic acids is 2. The fourth-order valence-electron chi connectivity index (χ4n) is 6.30. The predicted molar refractivity (Wildman–Crippen MR) is 184 cm³/mol. The number of benzene rings is 2. The van der Waals surface area contributed by atoms with E-state index in [1.54, 1.807) is 37.9 Å². The number of halogens is 2. The number of carboxylic acid groups (broad SMARTS) is 1. The lowest BCUT2D eigenvalue weighted by molar-refractivity contribution is -0.146. The number of thiazole rings is 1. The van der Waals surface area contributed by atoms with Gasteiger partial charge in [0.2, 0.25) is 0 Å². The summed E-state index contributed by atoms with van der Waals surface area (Å²) >= 11 is 4.89. The first-order valence-corrected chi connectivity index (χ1v) is 17.3. The van der Waals surface area contributed by atoms with E-state index in [-0.39, 0.29) is 18.7 Å². The minimum atomic E-state index is -0.896. The van der Waals surface area contributed by atoms with Crippen molar-refractivity contribution in [2.24, 2.45) is 10.4 Å². The van der Waals surface area contributed by atoms with Gasteiger partial charge in [0.1, 0.15) is 11.9 Å². The van der Waals surface area contributed by atoms with Crippen LogP contribution in [0.3, 0.4) is 0 Å². The van der Waals surface area contributed by atoms with Crippen LogP contribution in [-0.2, 0) is 20.7 Å². The molecule has 252 valence electrons. The lowest BCUT2D eigenvalue weighted by atomic mass is 9.86. The summed E-state index contributed by atoms with van der Waals surface area (Å²) in [5.74, 6) is -1.28. The zero-order chi connectivity index (χ0) is 34.2. The second-order valence-electron chi connectivity index (χ2n) is 12.6. The smallest absolute Gasteiger partial charge is 0.338 e. The number of urea groups is 1. The number of aliphatic carboxylic acids is 1. The molecule has 11 nitrogen and oxygen atoms in total. The Labute approximate surface area is 290 Å². The van der Waals surface area contributed by atoms with E-state index in [0.717, 1.165) is 11.3 Å². The Morgan fingerprint density at radius 1 is 1.17 bits per heavy atom. The van der Waals surface area contributed by atoms with Crippen molar-refractivity contribution in [3.63, 3.8) is 0 Å². The Morgan fingerprint density at radius 3 is 2.60 bits per heavy atom. The minimum absolute atomic E-state index is 0.0695. The number of hydrogen-bond acceptors (Lipinski definition) is 9. The largest absolute Gasteiger partial charge is 0.481 e. The third-order valence-electron chi connectivity index (χ3n) is 8.80. The molecule has 3 aromatic rings. The molecule has 2 aromatic carbocycles. The van der Waals surface area contributed by atoms with Crippen molar-refractivity contribution in [1.29, 1.82) is 0 Å². The summed E-state index contributed by atoms with van der Waals surface area (Å²) in [7, 11) is 0. The molecule has 4 heterocycles. The van der Waals surface area contributed by atoms with Gasteiger partial charge in [0.05, 0.1) is 23.6 Å². The molecular weight excluding hydrogens is 703 g/mol. The molecule has 0 radical (unpaired) electrons. The normalized spacial score (nSPS) is 20.0. The molecule has 2 saturated heterocycles. The van der Waals surface area contributed by atoms with E-state index >= 15 is 0 Å². The maximum absolute atomic E-state index is 14.1. The van der Waals surface area contributed by atoms with Gasteiger partial charge in [-0.25, -0.2) is 19.0 Å². The van der Waals surface area contributed by atoms with Gasteiger partial charge >= 0.3 is 18.0 Å². The molecule has 2 atom stereocenters. The van der Waals surface area contributed by atoms with Gasteiger partial charge in [-0.3, -0.25) is 19.6 Å². The Balaban J connectivity index is 1.24. The predicted octanol–water partition coefficient (Wildman–Crippen LogP) is 5.23. The van der Waals surface area contributed by atoms with E-state index in [2.05, 4.69) is 31.1 Å². The number of rotatable bonds is 10. The Kier molecular flexibility index (Phi) is 9.68. The van der Waals surface area contributed by atoms with Crippen LogP contribution < -0.4 is 10.2 Å². The molecule has 2 amide bonds. The minimum Gasteiger partial charge on any atom is -0.481 e. The van der Waals surface area contributed by atoms with Gasteiger partial charge < -0.3 is 20.1 Å². The first-order valence-electron chi connectivity index (χ1n) is 15.7. The van der Waals surface area contributed by atoms with Crippen LogP contribution in [0.15, 0.2) is 74.8 Å². The highest BCUT2D eigenvalue weighted by molar-refractivity contribution is 9.10. The first kappa shape index (κ1) is 33.7. The molecule has 2 fully saturated rings. The van der Waals surface area contributed by atoms with Crippen molar-refractivity contribution in [3.05, 3.63) is 91.7 Å². The fourth-order valence-corrected chi connectivity index (χ4v) is 7.46. The van der Waals surface area contributed by atoms with E-state index in [1.807, 2.05) is 34.5 Å². The number of ether oxygens (including phenoxy) is 1. The van der Waals surface area contributed by atoms with Gasteiger partial charge in [-0.2, -0.15) is 0 Å². The molecule has 3 aliphatic rings. The second kappa shape index (κ2) is 13.8. The lowest BCUT2D eigenvalue weighted by Gasteiger charge is -2.38. The molecule has 6 rings (SSSR count). The molecule has 3 aliphatic heterocycles. The number of hydrogen-bond donors (Lipinski definition) is 2. The molecule has 2 N–H and O–H groups in total. The number of nitrogens with one attached hydrogen (secondary N) is 1. The Morgan fingerprint density at radius 2 is 1.94 bits per heavy atom. The van der Waals surface area contributed by atoms with E-state index in [1.165, 1.54) is 23.5 Å². The maximum Gasteiger partial charge on any atom is 0.338 e. The number of aliphatic imine (C=N–C) groups is 1. The van der Waals surface area contributed by atoms with Crippen LogP contribution in [0, 0.1) is 11.2 Å². The zero-order valence-electron chi connectivity index (χ0n) is 26.8. The second-order valence-corrected chi connectivity index (χ2v) is 14.4. The molecule has 0 unspecified atom stereocenters. The SMILES string of the molecule is CCOC(=O)C1=C(CN2CCN3C(=O)N(c4ccc(CC(C)(C)C(=O)O)cc4)C[C@@H]3C2)NC(c2nccs2)=N[C@H]1c1ccc(F)cc1Br. The number of fused-ring (bicyclic) bond motifs is 1. The van der Waals surface area contributed by atoms with Crippen molar-refractivity contribution in [2.45, 2.75) is 39.3 Å². The van der Waals surface area contributed by atoms with Crippen molar-refractivity contribution in [3.8, 4) is 0 Å². The molecule has 1 aromatic heterocycles. The Bertz CT molecular complexity index is 1780. The van der Waals surface area contributed by atoms with E-state index in [0.29, 0.717) is 71.3 Å². The summed E-state index contributed by atoms with van der Waals surface area (Å²) in [5, 5.41) is 15.4. The van der Waals surface area contributed by atoms with Crippen LogP contribution in [0.4, 0.5) is 14.9 Å². The standard InChI is InChI=1S/C34H36BrFN6O5S/c1-4-47-31(43)27-26(38-29(30-37-11-14-48-30)39-28(27)24-10-7-21(36)15-25(24)35)19-40-12-13-41-23(17-40)18-42(33(41)46)22-8-5-20(6-9-22)16-34(2,3)32(44)45/h5-11,14-15,23,28H,4,12-13,16-19H2,1-3H3,(H,38,39)(H,44,45)/t23-,28-/m0/s1. The third kappa shape index (κ3) is 6.87. The van der Waals surface area contributed by atoms with Crippen LogP contribution in [0.25, 0.3) is 0 Å². The van der Waals surface area contributed by atoms with Gasteiger partial charge in [0.25, 0.3) is 0 Å². The summed E-state index contributed by atoms with van der Waals surface area (Å²) < 4.78 is 20.1. The number of nitrogens with zero attached hydrogens (tertiary/aromatic N) is 5. The third-order valence-corrected chi connectivity index (χ3v) is 10.3. The summed E-state index contributed by atoms with van der Waals surface area (Å²) in [6, 6.07) is 10.9. The van der Waals surface area contributed by atoms with E-state index in [9.17, 15) is 23.9 Å². The van der Waals surface area contributed by atoms with Crippen molar-refractivity contribution in [1.82, 2.24) is 20.1 Å². The van der Waals surface area contributed by atoms with Crippen LogP contribution in [0.1, 0.15) is 42.9 Å². The molecule has 14 heteroatoms. The molecular formula is C34H36BrFN6O5S. The van der Waals surface area contributed by atoms with Crippen LogP contribution in [0.5, 0.6) is 0 Å². The van der Waals surface area contributed by atoms with E-state index < -0.39 is 29.2 Å². The number of esters is 1. The highest BCUT2D eigenvalue weighted by Gasteiger charge is 2.42. The van der Waals surface area contributed by atoms with Crippen molar-refractivity contribution in [2.75, 3.05) is 44.2 Å². The van der Waals surface area contributed by atoms with Gasteiger partial charge in [0, 0.05) is 60.2 Å². The quantitative estimate of drug-likeness (QED) is 0.271. The molecule has 0 bridgehead atoms. The first-order chi connectivity index (χ1) is 22.9. The number of aromatic nitrogens is 1. The summed E-state index contributed by atoms with van der Waals surface area (Å²) in [5.41, 5.74) is 2.32. The molecule has 0 aliphatic carbocycles. The lowest BCUT2D eigenvalue weighted by Crippen LogP contribution is -2.53. The maximum atomic E-state index is 14.1. The number of carbonyl (C=O) groups is 3. The summed E-state index contributed by atoms with van der Waals surface area (Å²) in [4.78, 5) is 53.8. The number of anilines is 1. The molecule has 0 saturated carbocycles. The topological polar surface area (TPSA) is 128 Å². The monoisotopic (exact) mass is 738 g/mol. The van der Waals surface area contributed by atoms with Gasteiger partial charge in [-0.1, -0.05) is 34.1 Å². The highest BCUT2D eigenvalue weighted by Crippen LogP contribution is 2.37. The van der Waals surface area contributed by atoms with E-state index in [4.69, 9.17) is 9.73 Å². The Hall–Kier alpha value is -4.14. The van der Waals surface area contributed by atoms with Crippen LogP contribution in [0.2, 0.25) is 0 Å². The fraction of sp³-hybridized carbons (Fsp3) is 0.382. The average molecular weight is 740 g/mol. The zero-order valence-corrected chi connectivity index (χ0v) is 29.2. The number of amides is 2. The van der Waals surface area contributed by atoms with Crippen LogP contribution >= 0.6 is 27.3 Å². The number of piperazine rings is 1. The summed E-state index contributed by atoms with van der Waals surface area (Å²) in [6.07, 6.45) is 2.07. The highest BCUT2D eigenvalue weighted by atomic mass is 79.9. The van der Waals surface area contributed by atoms with Gasteiger partial charge in [-0.05, 0) is 62.6 Å². The van der Waals surface area contributed by atoms with Gasteiger partial charge in [0.15, 0.2) is 10.8 Å². The van der Waals surface area contributed by atoms with Crippen molar-refractivity contribution >= 4 is 56.8 Å². The van der Waals surface area contributed by atoms with Crippen LogP contribution in [-0.4, -0.2) is 89.1 Å². The number of carboxylic acids is 1.